The Morgan fingerprint density at radius 3 is 2.75 bits per heavy atom. The maximum Gasteiger partial charge on any atom is 0.150 e. The van der Waals surface area contributed by atoms with Crippen molar-refractivity contribution in [1.82, 2.24) is 9.97 Å². The zero-order chi connectivity index (χ0) is 12.3. The molecule has 1 atom stereocenters. The number of anilines is 1. The van der Waals surface area contributed by atoms with Gasteiger partial charge in [-0.2, -0.15) is 0 Å². The number of hydrogen-bond donors (Lipinski definition) is 1. The summed E-state index contributed by atoms with van der Waals surface area (Å²) >= 11 is 4.91. The predicted molar refractivity (Wildman–Crippen MR) is 70.8 cm³/mol. The van der Waals surface area contributed by atoms with E-state index in [1.54, 1.807) is 6.20 Å². The minimum atomic E-state index is 0.229. The van der Waals surface area contributed by atoms with Crippen molar-refractivity contribution in [3.63, 3.8) is 0 Å². The van der Waals surface area contributed by atoms with Crippen molar-refractivity contribution < 1.29 is 0 Å². The first-order valence-electron chi connectivity index (χ1n) is 5.23. The third-order valence-corrected chi connectivity index (χ3v) is 2.71. The van der Waals surface area contributed by atoms with Crippen LogP contribution in [0.15, 0.2) is 6.20 Å². The van der Waals surface area contributed by atoms with Gasteiger partial charge in [-0.25, -0.2) is 4.98 Å². The number of nitrogens with two attached hydrogens (primary N) is 1. The van der Waals surface area contributed by atoms with Gasteiger partial charge in [-0.05, 0) is 20.8 Å². The topological polar surface area (TPSA) is 55.0 Å². The molecule has 16 heavy (non-hydrogen) atoms. The van der Waals surface area contributed by atoms with Gasteiger partial charge >= 0.3 is 0 Å². The zero-order valence-electron chi connectivity index (χ0n) is 10.2. The Balaban J connectivity index is 2.90. The Kier molecular flexibility index (Phi) is 4.18. The van der Waals surface area contributed by atoms with Gasteiger partial charge in [0.15, 0.2) is 0 Å². The summed E-state index contributed by atoms with van der Waals surface area (Å²) in [6, 6.07) is 0.229. The molecular formula is C11H18N4S. The quantitative estimate of drug-likeness (QED) is 0.807. The van der Waals surface area contributed by atoms with Gasteiger partial charge in [0.2, 0.25) is 0 Å². The van der Waals surface area contributed by atoms with Crippen molar-refractivity contribution in [3.05, 3.63) is 17.6 Å². The summed E-state index contributed by atoms with van der Waals surface area (Å²) in [5, 5.41) is 0. The Morgan fingerprint density at radius 1 is 1.56 bits per heavy atom. The summed E-state index contributed by atoms with van der Waals surface area (Å²) in [6.07, 6.45) is 2.45. The zero-order valence-corrected chi connectivity index (χ0v) is 11.0. The summed E-state index contributed by atoms with van der Waals surface area (Å²) in [5.41, 5.74) is 7.38. The van der Waals surface area contributed by atoms with Gasteiger partial charge in [-0.15, -0.1) is 0 Å². The normalized spacial score (nSPS) is 12.2. The fourth-order valence-corrected chi connectivity index (χ4v) is 1.74. The minimum Gasteiger partial charge on any atom is -0.393 e. The van der Waals surface area contributed by atoms with Crippen molar-refractivity contribution in [2.75, 3.05) is 11.9 Å². The van der Waals surface area contributed by atoms with Gasteiger partial charge in [0.25, 0.3) is 0 Å². The monoisotopic (exact) mass is 238 g/mol. The molecule has 0 radical (unpaired) electrons. The van der Waals surface area contributed by atoms with Crippen LogP contribution in [0.1, 0.15) is 24.7 Å². The Morgan fingerprint density at radius 2 is 2.19 bits per heavy atom. The summed E-state index contributed by atoms with van der Waals surface area (Å²) in [5.74, 6) is 0.892. The number of nitrogens with zero attached hydrogens (tertiary/aromatic N) is 3. The Labute approximate surface area is 102 Å². The molecule has 1 rings (SSSR count). The van der Waals surface area contributed by atoms with Crippen LogP contribution in [0.4, 0.5) is 5.82 Å². The van der Waals surface area contributed by atoms with E-state index in [-0.39, 0.29) is 6.04 Å². The second kappa shape index (κ2) is 5.21. The van der Waals surface area contributed by atoms with Crippen LogP contribution < -0.4 is 10.6 Å². The molecule has 88 valence electrons. The lowest BCUT2D eigenvalue weighted by Crippen LogP contribution is -2.33. The highest BCUT2D eigenvalue weighted by Gasteiger charge is 2.15. The maximum atomic E-state index is 5.55. The molecular weight excluding hydrogens is 220 g/mol. The number of aromatic nitrogens is 2. The van der Waals surface area contributed by atoms with E-state index in [0.29, 0.717) is 11.4 Å². The number of thiocarbonyl (C=S) groups is 1. The van der Waals surface area contributed by atoms with E-state index >= 15 is 0 Å². The molecule has 1 aromatic rings. The van der Waals surface area contributed by atoms with Gasteiger partial charge in [-0.1, -0.05) is 12.2 Å². The molecule has 0 bridgehead atoms. The number of hydrogen-bond acceptors (Lipinski definition) is 4. The molecule has 4 nitrogen and oxygen atoms in total. The van der Waals surface area contributed by atoms with Crippen LogP contribution in [0.2, 0.25) is 0 Å². The average Bonchev–Trinajstić information content (AvgIpc) is 2.19. The molecule has 0 saturated heterocycles. The molecule has 1 aromatic heterocycles. The van der Waals surface area contributed by atoms with Crippen LogP contribution in [0.25, 0.3) is 0 Å². The second-order valence-electron chi connectivity index (χ2n) is 4.05. The summed E-state index contributed by atoms with van der Waals surface area (Å²) in [6.45, 7) is 5.95. The van der Waals surface area contributed by atoms with Gasteiger partial charge < -0.3 is 10.6 Å². The van der Waals surface area contributed by atoms with Crippen molar-refractivity contribution in [3.8, 4) is 0 Å². The number of aryl methyl sites for hydroxylation is 2. The highest BCUT2D eigenvalue weighted by Crippen LogP contribution is 2.17. The summed E-state index contributed by atoms with van der Waals surface area (Å²) in [4.78, 5) is 11.4. The van der Waals surface area contributed by atoms with E-state index in [1.165, 1.54) is 0 Å². The molecule has 0 aliphatic rings. The summed E-state index contributed by atoms with van der Waals surface area (Å²) in [7, 11) is 1.99. The van der Waals surface area contributed by atoms with Crippen molar-refractivity contribution >= 4 is 23.0 Å². The highest BCUT2D eigenvalue weighted by molar-refractivity contribution is 7.80. The lowest BCUT2D eigenvalue weighted by atomic mass is 10.2. The van der Waals surface area contributed by atoms with Crippen LogP contribution in [0, 0.1) is 13.8 Å². The van der Waals surface area contributed by atoms with E-state index in [0.717, 1.165) is 17.2 Å². The van der Waals surface area contributed by atoms with Gasteiger partial charge in [-0.3, -0.25) is 4.98 Å². The highest BCUT2D eigenvalue weighted by atomic mass is 32.1. The first-order valence-corrected chi connectivity index (χ1v) is 5.64. The van der Waals surface area contributed by atoms with Crippen molar-refractivity contribution in [1.29, 1.82) is 0 Å². The molecule has 0 amide bonds. The lowest BCUT2D eigenvalue weighted by molar-refractivity contribution is 0.698. The maximum absolute atomic E-state index is 5.55. The minimum absolute atomic E-state index is 0.229. The molecule has 1 unspecified atom stereocenters. The molecule has 0 fully saturated rings. The second-order valence-corrected chi connectivity index (χ2v) is 4.58. The van der Waals surface area contributed by atoms with Crippen molar-refractivity contribution in [2.45, 2.75) is 33.2 Å². The fraction of sp³-hybridized carbons (Fsp3) is 0.545. The number of rotatable bonds is 4. The van der Waals surface area contributed by atoms with E-state index in [1.807, 2.05) is 20.9 Å². The first kappa shape index (κ1) is 12.8. The molecule has 2 N–H and O–H groups in total. The van der Waals surface area contributed by atoms with Gasteiger partial charge in [0.1, 0.15) is 5.82 Å². The van der Waals surface area contributed by atoms with Crippen LogP contribution >= 0.6 is 12.2 Å². The molecule has 5 heteroatoms. The first-order chi connectivity index (χ1) is 7.41. The molecule has 0 saturated carbocycles. The van der Waals surface area contributed by atoms with E-state index in [4.69, 9.17) is 18.0 Å². The predicted octanol–water partition coefficient (Wildman–Crippen LogP) is 1.59. The third kappa shape index (κ3) is 3.13. The largest absolute Gasteiger partial charge is 0.393 e. The smallest absolute Gasteiger partial charge is 0.150 e. The standard InChI is InChI=1S/C11H18N4S/c1-7-6-13-9(3)11(14-7)15(4)8(2)5-10(12)16/h6,8H,5H2,1-4H3,(H2,12,16). The van der Waals surface area contributed by atoms with Crippen LogP contribution in [0.3, 0.4) is 0 Å². The summed E-state index contributed by atoms with van der Waals surface area (Å²) < 4.78 is 0. The fourth-order valence-electron chi connectivity index (χ4n) is 1.50. The molecule has 0 spiro atoms. The Hall–Kier alpha value is -1.23. The van der Waals surface area contributed by atoms with Crippen LogP contribution in [-0.4, -0.2) is 28.0 Å². The molecule has 0 aliphatic heterocycles. The van der Waals surface area contributed by atoms with Crippen LogP contribution in [0.5, 0.6) is 0 Å². The molecule has 0 aromatic carbocycles. The average molecular weight is 238 g/mol. The molecule has 1 heterocycles. The van der Waals surface area contributed by atoms with E-state index in [2.05, 4.69) is 21.8 Å². The van der Waals surface area contributed by atoms with Crippen molar-refractivity contribution in [2.24, 2.45) is 5.73 Å². The SMILES string of the molecule is Cc1cnc(C)c(N(C)C(C)CC(N)=S)n1. The van der Waals surface area contributed by atoms with Gasteiger partial charge in [0.05, 0.1) is 16.4 Å². The Bertz CT molecular complexity index is 392. The van der Waals surface area contributed by atoms with Crippen LogP contribution in [-0.2, 0) is 0 Å². The lowest BCUT2D eigenvalue weighted by Gasteiger charge is -2.26. The van der Waals surface area contributed by atoms with E-state index < -0.39 is 0 Å². The van der Waals surface area contributed by atoms with Gasteiger partial charge in [0, 0.05) is 25.7 Å². The third-order valence-electron chi connectivity index (χ3n) is 2.54. The van der Waals surface area contributed by atoms with E-state index in [9.17, 15) is 0 Å². The molecule has 0 aliphatic carbocycles.